The smallest absolute Gasteiger partial charge is 0.353 e. The van der Waals surface area contributed by atoms with Crippen molar-refractivity contribution in [3.63, 3.8) is 0 Å². The van der Waals surface area contributed by atoms with Crippen LogP contribution in [-0.2, 0) is 9.59 Å². The second-order valence-corrected chi connectivity index (χ2v) is 9.37. The van der Waals surface area contributed by atoms with Crippen LogP contribution in [0.15, 0.2) is 33.5 Å². The van der Waals surface area contributed by atoms with E-state index in [1.54, 1.807) is 30.9 Å². The van der Waals surface area contributed by atoms with Crippen molar-refractivity contribution in [3.05, 3.63) is 34.7 Å². The maximum atomic E-state index is 12.5. The number of carboxylic acid groups (broad SMARTS) is 1. The number of thioether (sulfide) groups is 1. The molecule has 0 aliphatic carbocycles. The Morgan fingerprint density at radius 1 is 1.48 bits per heavy atom. The number of nitrogens with zero attached hydrogens (tertiary/aromatic N) is 3. The van der Waals surface area contributed by atoms with E-state index in [-0.39, 0.29) is 34.9 Å². The van der Waals surface area contributed by atoms with Crippen LogP contribution in [0.4, 0.5) is 0 Å². The molecule has 0 radical (unpaired) electrons. The molecular weight excluding hydrogens is 394 g/mol. The van der Waals surface area contributed by atoms with Crippen LogP contribution in [0, 0.1) is 11.8 Å². The lowest BCUT2D eigenvalue weighted by Crippen LogP contribution is -2.63. The van der Waals surface area contributed by atoms with Gasteiger partial charge in [0.1, 0.15) is 5.70 Å². The molecule has 4 heterocycles. The van der Waals surface area contributed by atoms with E-state index in [9.17, 15) is 19.8 Å². The molecule has 3 aliphatic heterocycles. The first kappa shape index (κ1) is 20.2. The topological polar surface area (TPSA) is 107 Å². The Morgan fingerprint density at radius 2 is 2.24 bits per heavy atom. The van der Waals surface area contributed by atoms with Gasteiger partial charge in [-0.25, -0.2) is 4.79 Å². The minimum Gasteiger partial charge on any atom is -0.477 e. The van der Waals surface area contributed by atoms with Gasteiger partial charge in [-0.2, -0.15) is 0 Å². The van der Waals surface area contributed by atoms with Crippen molar-refractivity contribution >= 4 is 29.7 Å². The molecule has 2 saturated heterocycles. The maximum absolute atomic E-state index is 12.5. The summed E-state index contributed by atoms with van der Waals surface area (Å²) in [6.07, 6.45) is 5.66. The number of aliphatic hydroxyl groups is 1. The summed E-state index contributed by atoms with van der Waals surface area (Å²) in [4.78, 5) is 28.8. The molecule has 1 amide bonds. The summed E-state index contributed by atoms with van der Waals surface area (Å²) < 4.78 is 5.10. The van der Waals surface area contributed by atoms with Gasteiger partial charge in [0.15, 0.2) is 5.76 Å². The molecular formula is C20H25N3O5S. The molecule has 9 heteroatoms. The Kier molecular flexibility index (Phi) is 5.30. The number of carbonyl (C=O) groups excluding carboxylic acids is 1. The quantitative estimate of drug-likeness (QED) is 0.671. The number of rotatable bonds is 6. The first-order valence-electron chi connectivity index (χ1n) is 9.74. The number of likely N-dealkylation sites (N-methyl/N-ethyl adjacent to an activating group) is 1. The lowest BCUT2D eigenvalue weighted by atomic mass is 9.79. The van der Waals surface area contributed by atoms with E-state index in [2.05, 4.69) is 16.1 Å². The van der Waals surface area contributed by atoms with Gasteiger partial charge < -0.3 is 19.6 Å². The second kappa shape index (κ2) is 7.62. The number of likely N-dealkylation sites (tertiary alicyclic amines) is 1. The van der Waals surface area contributed by atoms with Crippen LogP contribution in [0.1, 0.15) is 26.0 Å². The van der Waals surface area contributed by atoms with E-state index in [1.807, 2.05) is 20.0 Å². The lowest BCUT2D eigenvalue weighted by Gasteiger charge is -2.46. The van der Waals surface area contributed by atoms with E-state index in [0.29, 0.717) is 5.76 Å². The van der Waals surface area contributed by atoms with Crippen molar-refractivity contribution in [3.8, 4) is 0 Å². The zero-order valence-corrected chi connectivity index (χ0v) is 17.4. The second-order valence-electron chi connectivity index (χ2n) is 8.03. The standard InChI is InChI=1S/C20H25N3O5S/c1-10-16-15(11(2)24)19(25)23(16)17(20(26)27)18(10)29-14-8-12(22(3)9-14)4-5-13-6-7-21-28-13/h4-7,10-12,14-16,24H,8-9H2,1-3H3,(H,26,27)/b5-4+/t10-,11-,12-,14+,15-,16-/m1/s1. The molecule has 156 valence electrons. The van der Waals surface area contributed by atoms with Crippen LogP contribution in [0.3, 0.4) is 0 Å². The molecule has 29 heavy (non-hydrogen) atoms. The van der Waals surface area contributed by atoms with Gasteiger partial charge in [0.05, 0.1) is 24.3 Å². The normalized spacial score (nSPS) is 33.4. The highest BCUT2D eigenvalue weighted by Gasteiger charge is 2.60. The zero-order valence-electron chi connectivity index (χ0n) is 16.6. The monoisotopic (exact) mass is 419 g/mol. The predicted octanol–water partition coefficient (Wildman–Crippen LogP) is 1.65. The first-order valence-corrected chi connectivity index (χ1v) is 10.6. The highest BCUT2D eigenvalue weighted by atomic mass is 32.2. The third-order valence-corrected chi connectivity index (χ3v) is 7.60. The van der Waals surface area contributed by atoms with Crippen molar-refractivity contribution in [2.45, 2.75) is 43.7 Å². The fourth-order valence-corrected chi connectivity index (χ4v) is 6.28. The van der Waals surface area contributed by atoms with Gasteiger partial charge in [-0.1, -0.05) is 18.2 Å². The molecule has 4 rings (SSSR count). The summed E-state index contributed by atoms with van der Waals surface area (Å²) in [5.41, 5.74) is 0.0951. The Bertz CT molecular complexity index is 865. The third kappa shape index (κ3) is 3.41. The van der Waals surface area contributed by atoms with Crippen molar-refractivity contribution < 1.29 is 24.3 Å². The number of aromatic nitrogens is 1. The molecule has 2 N–H and O–H groups in total. The number of amides is 1. The molecule has 0 unspecified atom stereocenters. The summed E-state index contributed by atoms with van der Waals surface area (Å²) in [6, 6.07) is 1.74. The van der Waals surface area contributed by atoms with Crippen molar-refractivity contribution in [1.29, 1.82) is 0 Å². The van der Waals surface area contributed by atoms with Crippen LogP contribution < -0.4 is 0 Å². The Balaban J connectivity index is 1.50. The van der Waals surface area contributed by atoms with Crippen molar-refractivity contribution in [2.75, 3.05) is 13.6 Å². The molecule has 8 nitrogen and oxygen atoms in total. The number of hydrogen-bond donors (Lipinski definition) is 2. The van der Waals surface area contributed by atoms with Gasteiger partial charge in [-0.05, 0) is 26.5 Å². The number of fused-ring (bicyclic) bond motifs is 1. The molecule has 0 saturated carbocycles. The number of carboxylic acids is 1. The van der Waals surface area contributed by atoms with E-state index in [0.717, 1.165) is 17.9 Å². The predicted molar refractivity (Wildman–Crippen MR) is 108 cm³/mol. The number of aliphatic hydroxyl groups excluding tert-OH is 1. The number of carbonyl (C=O) groups is 2. The van der Waals surface area contributed by atoms with Crippen LogP contribution in [-0.4, -0.2) is 74.1 Å². The van der Waals surface area contributed by atoms with Gasteiger partial charge in [0.25, 0.3) is 0 Å². The number of β-lactam (4-membered cyclic amide) rings is 1. The van der Waals surface area contributed by atoms with Crippen molar-refractivity contribution in [2.24, 2.45) is 11.8 Å². The fourth-order valence-electron chi connectivity index (χ4n) is 4.67. The molecule has 0 bridgehead atoms. The maximum Gasteiger partial charge on any atom is 0.353 e. The molecule has 6 atom stereocenters. The lowest BCUT2D eigenvalue weighted by molar-refractivity contribution is -0.163. The molecule has 3 aliphatic rings. The molecule has 0 aromatic carbocycles. The van der Waals surface area contributed by atoms with Crippen molar-refractivity contribution in [1.82, 2.24) is 15.0 Å². The van der Waals surface area contributed by atoms with Crippen LogP contribution in [0.5, 0.6) is 0 Å². The van der Waals surface area contributed by atoms with Gasteiger partial charge in [0.2, 0.25) is 5.91 Å². The summed E-state index contributed by atoms with van der Waals surface area (Å²) in [7, 11) is 2.04. The van der Waals surface area contributed by atoms with E-state index in [4.69, 9.17) is 4.52 Å². The highest BCUT2D eigenvalue weighted by Crippen LogP contribution is 2.52. The highest BCUT2D eigenvalue weighted by molar-refractivity contribution is 8.03. The molecule has 1 aromatic heterocycles. The first-order chi connectivity index (χ1) is 13.8. The number of aliphatic carboxylic acids is 1. The Hall–Kier alpha value is -2.10. The fraction of sp³-hybridized carbons (Fsp3) is 0.550. The summed E-state index contributed by atoms with van der Waals surface area (Å²) >= 11 is 1.57. The van der Waals surface area contributed by atoms with E-state index >= 15 is 0 Å². The van der Waals surface area contributed by atoms with Gasteiger partial charge in [-0.3, -0.25) is 9.69 Å². The minimum atomic E-state index is -1.08. The summed E-state index contributed by atoms with van der Waals surface area (Å²) in [5.74, 6) is -1.30. The number of hydrogen-bond acceptors (Lipinski definition) is 7. The molecule has 0 spiro atoms. The SMILES string of the molecule is C[C@@H](O)[C@H]1C(=O)N2C(C(=O)O)=C(S[C@H]3C[C@@H](/C=C/c4ccno4)N(C)C3)[C@H](C)[C@H]12. The minimum absolute atomic E-state index is 0.0951. The van der Waals surface area contributed by atoms with E-state index < -0.39 is 18.0 Å². The van der Waals surface area contributed by atoms with Gasteiger partial charge in [-0.15, -0.1) is 11.8 Å². The largest absolute Gasteiger partial charge is 0.477 e. The average Bonchev–Trinajstić information content (AvgIpc) is 3.33. The summed E-state index contributed by atoms with van der Waals surface area (Å²) in [5, 5.41) is 23.6. The average molecular weight is 420 g/mol. The summed E-state index contributed by atoms with van der Waals surface area (Å²) in [6.45, 7) is 4.37. The Morgan fingerprint density at radius 3 is 2.86 bits per heavy atom. The van der Waals surface area contributed by atoms with E-state index in [1.165, 1.54) is 4.90 Å². The van der Waals surface area contributed by atoms with Gasteiger partial charge >= 0.3 is 5.97 Å². The molecule has 1 aromatic rings. The molecule has 2 fully saturated rings. The van der Waals surface area contributed by atoms with Crippen LogP contribution >= 0.6 is 11.8 Å². The van der Waals surface area contributed by atoms with Crippen LogP contribution in [0.25, 0.3) is 6.08 Å². The van der Waals surface area contributed by atoms with Gasteiger partial charge in [0, 0.05) is 34.7 Å². The Labute approximate surface area is 173 Å². The van der Waals surface area contributed by atoms with Crippen LogP contribution in [0.2, 0.25) is 0 Å². The third-order valence-electron chi connectivity index (χ3n) is 6.11. The zero-order chi connectivity index (χ0) is 20.9.